The second kappa shape index (κ2) is 12.2. The van der Waals surface area contributed by atoms with Crippen LogP contribution in [0.25, 0.3) is 27.2 Å². The number of hydrogen-bond donors (Lipinski definition) is 1. The first-order valence-corrected chi connectivity index (χ1v) is 15.0. The average molecular weight is 590 g/mol. The largest absolute Gasteiger partial charge is 0.477 e. The molecular formula is C31H35N5O5S. The average Bonchev–Trinajstić information content (AvgIpc) is 3.67. The van der Waals surface area contributed by atoms with Gasteiger partial charge in [-0.05, 0) is 42.3 Å². The number of carboxylic acids is 1. The number of benzene rings is 2. The van der Waals surface area contributed by atoms with Crippen LogP contribution < -0.4 is 15.2 Å². The molecule has 1 unspecified atom stereocenters. The third-order valence-electron chi connectivity index (χ3n) is 8.18. The minimum atomic E-state index is -1.25. The fourth-order valence-corrected chi connectivity index (χ4v) is 6.75. The van der Waals surface area contributed by atoms with Gasteiger partial charge >= 0.3 is 5.97 Å². The van der Waals surface area contributed by atoms with E-state index in [1.807, 2.05) is 42.5 Å². The molecule has 220 valence electrons. The molecule has 0 bridgehead atoms. The quantitative estimate of drug-likeness (QED) is 0.312. The summed E-state index contributed by atoms with van der Waals surface area (Å²) >= 11 is 1.63. The van der Waals surface area contributed by atoms with Crippen LogP contribution >= 0.6 is 11.3 Å². The third-order valence-corrected chi connectivity index (χ3v) is 9.26. The second-order valence-electron chi connectivity index (χ2n) is 10.7. The fourth-order valence-electron chi connectivity index (χ4n) is 5.70. The highest BCUT2D eigenvalue weighted by molar-refractivity contribution is 7.22. The Morgan fingerprint density at radius 2 is 1.76 bits per heavy atom. The van der Waals surface area contributed by atoms with Crippen LogP contribution in [0.1, 0.15) is 16.8 Å². The zero-order valence-corrected chi connectivity index (χ0v) is 24.7. The van der Waals surface area contributed by atoms with Gasteiger partial charge in [0, 0.05) is 83.7 Å². The second-order valence-corrected chi connectivity index (χ2v) is 11.7. The third kappa shape index (κ3) is 5.78. The number of fused-ring (bicyclic) bond motifs is 1. The summed E-state index contributed by atoms with van der Waals surface area (Å²) in [6.45, 7) is 7.17. The topological polar surface area (TPSA) is 100 Å². The number of rotatable bonds is 9. The molecule has 4 aromatic rings. The van der Waals surface area contributed by atoms with E-state index >= 15 is 0 Å². The first-order valence-electron chi connectivity index (χ1n) is 14.2. The smallest absolute Gasteiger partial charge is 0.341 e. The monoisotopic (exact) mass is 589 g/mol. The van der Waals surface area contributed by atoms with Crippen LogP contribution in [0.3, 0.4) is 0 Å². The standard InChI is InChI=1S/C31H35N5O5S/c1-40-16-15-33-11-13-34(14-12-33)31-32-26-8-7-23(17-29(26)42-31)36-20-25(30(38)39)28(37)18-27(36)21-3-5-22(6-4-21)35-10-9-24(19-35)41-2/h3-8,17-18,20,24H,9-16,19H2,1-2H3,(H,38,39). The van der Waals surface area contributed by atoms with Crippen LogP contribution in [-0.2, 0) is 9.47 Å². The lowest BCUT2D eigenvalue weighted by atomic mass is 10.1. The van der Waals surface area contributed by atoms with E-state index in [2.05, 4.69) is 14.7 Å². The zero-order chi connectivity index (χ0) is 29.2. The van der Waals surface area contributed by atoms with E-state index in [1.165, 1.54) is 12.3 Å². The van der Waals surface area contributed by atoms with E-state index in [-0.39, 0.29) is 11.7 Å². The van der Waals surface area contributed by atoms with Gasteiger partial charge in [0.1, 0.15) is 5.56 Å². The van der Waals surface area contributed by atoms with Gasteiger partial charge in [-0.15, -0.1) is 0 Å². The van der Waals surface area contributed by atoms with Gasteiger partial charge in [0.05, 0.1) is 28.6 Å². The Balaban J connectivity index is 1.31. The maximum Gasteiger partial charge on any atom is 0.341 e. The highest BCUT2D eigenvalue weighted by Crippen LogP contribution is 2.33. The molecule has 0 radical (unpaired) electrons. The number of methoxy groups -OCH3 is 2. The van der Waals surface area contributed by atoms with Crippen LogP contribution in [0.4, 0.5) is 10.8 Å². The van der Waals surface area contributed by atoms with Crippen molar-refractivity contribution in [2.75, 3.05) is 76.4 Å². The van der Waals surface area contributed by atoms with Crippen LogP contribution in [-0.4, -0.2) is 98.3 Å². The number of anilines is 2. The van der Waals surface area contributed by atoms with Crippen molar-refractivity contribution in [3.05, 3.63) is 70.5 Å². The molecule has 10 nitrogen and oxygen atoms in total. The molecule has 2 fully saturated rings. The number of ether oxygens (including phenoxy) is 2. The lowest BCUT2D eigenvalue weighted by molar-refractivity contribution is 0.0695. The number of carboxylic acid groups (broad SMARTS) is 1. The van der Waals surface area contributed by atoms with Gasteiger partial charge in [-0.1, -0.05) is 23.5 Å². The Bertz CT molecular complexity index is 1630. The number of nitrogens with zero attached hydrogens (tertiary/aromatic N) is 5. The molecule has 6 rings (SSSR count). The highest BCUT2D eigenvalue weighted by Gasteiger charge is 2.23. The van der Waals surface area contributed by atoms with E-state index in [9.17, 15) is 14.7 Å². The predicted molar refractivity (Wildman–Crippen MR) is 166 cm³/mol. The summed E-state index contributed by atoms with van der Waals surface area (Å²) in [6, 6.07) is 15.4. The number of aromatic carboxylic acids is 1. The van der Waals surface area contributed by atoms with Crippen LogP contribution in [0, 0.1) is 0 Å². The van der Waals surface area contributed by atoms with Crippen molar-refractivity contribution in [3.8, 4) is 16.9 Å². The lowest BCUT2D eigenvalue weighted by Crippen LogP contribution is -2.47. The van der Waals surface area contributed by atoms with Crippen molar-refractivity contribution in [2.24, 2.45) is 0 Å². The molecule has 1 N–H and O–H groups in total. The highest BCUT2D eigenvalue weighted by atomic mass is 32.1. The van der Waals surface area contributed by atoms with E-state index in [1.54, 1.807) is 30.1 Å². The molecule has 0 saturated carbocycles. The van der Waals surface area contributed by atoms with E-state index in [0.717, 1.165) is 91.1 Å². The molecule has 1 atom stereocenters. The summed E-state index contributed by atoms with van der Waals surface area (Å²) in [5, 5.41) is 10.7. The molecule has 0 spiro atoms. The van der Waals surface area contributed by atoms with Gasteiger partial charge in [-0.2, -0.15) is 0 Å². The summed E-state index contributed by atoms with van der Waals surface area (Å²) in [6.07, 6.45) is 2.65. The molecule has 0 amide bonds. The van der Waals surface area contributed by atoms with Gasteiger partial charge in [0.2, 0.25) is 0 Å². The molecule has 2 saturated heterocycles. The summed E-state index contributed by atoms with van der Waals surface area (Å²) in [4.78, 5) is 36.6. The van der Waals surface area contributed by atoms with Crippen LogP contribution in [0.15, 0.2) is 59.5 Å². The molecule has 2 aliphatic heterocycles. The minimum Gasteiger partial charge on any atom is -0.477 e. The Hall–Kier alpha value is -3.77. The SMILES string of the molecule is COCCN1CCN(c2nc3ccc(-n4cc(C(=O)O)c(=O)cc4-c4ccc(N5CCC(OC)C5)cc4)cc3s2)CC1. The molecular weight excluding hydrogens is 554 g/mol. The Morgan fingerprint density at radius 1 is 1.00 bits per heavy atom. The number of pyridine rings is 1. The normalized spacial score (nSPS) is 17.8. The molecule has 11 heteroatoms. The first-order chi connectivity index (χ1) is 20.4. The first kappa shape index (κ1) is 28.4. The van der Waals surface area contributed by atoms with Crippen molar-refractivity contribution in [1.29, 1.82) is 0 Å². The van der Waals surface area contributed by atoms with Gasteiger partial charge < -0.3 is 28.9 Å². The molecule has 2 aromatic heterocycles. The van der Waals surface area contributed by atoms with Crippen molar-refractivity contribution >= 4 is 38.3 Å². The number of thiazole rings is 1. The zero-order valence-electron chi connectivity index (χ0n) is 23.9. The number of aromatic nitrogens is 2. The summed E-state index contributed by atoms with van der Waals surface area (Å²) in [5.74, 6) is -1.25. The van der Waals surface area contributed by atoms with Gasteiger partial charge in [-0.3, -0.25) is 9.69 Å². The Labute approximate surface area is 248 Å². The summed E-state index contributed by atoms with van der Waals surface area (Å²) in [5.41, 5.74) is 3.42. The van der Waals surface area contributed by atoms with Crippen molar-refractivity contribution in [1.82, 2.24) is 14.5 Å². The summed E-state index contributed by atoms with van der Waals surface area (Å²) in [7, 11) is 3.47. The van der Waals surface area contributed by atoms with Crippen LogP contribution in [0.2, 0.25) is 0 Å². The van der Waals surface area contributed by atoms with Crippen molar-refractivity contribution in [2.45, 2.75) is 12.5 Å². The Morgan fingerprint density at radius 3 is 2.45 bits per heavy atom. The minimum absolute atomic E-state index is 0.228. The molecule has 2 aliphatic rings. The molecule has 4 heterocycles. The van der Waals surface area contributed by atoms with Crippen LogP contribution in [0.5, 0.6) is 0 Å². The van der Waals surface area contributed by atoms with Gasteiger partial charge in [0.25, 0.3) is 0 Å². The van der Waals surface area contributed by atoms with Gasteiger partial charge in [-0.25, -0.2) is 9.78 Å². The maximum absolute atomic E-state index is 12.8. The van der Waals surface area contributed by atoms with Gasteiger partial charge in [0.15, 0.2) is 10.6 Å². The molecule has 0 aliphatic carbocycles. The summed E-state index contributed by atoms with van der Waals surface area (Å²) < 4.78 is 13.5. The molecule has 2 aromatic carbocycles. The number of carbonyl (C=O) groups is 1. The lowest BCUT2D eigenvalue weighted by Gasteiger charge is -2.34. The van der Waals surface area contributed by atoms with Crippen molar-refractivity contribution in [3.63, 3.8) is 0 Å². The predicted octanol–water partition coefficient (Wildman–Crippen LogP) is 3.81. The maximum atomic E-state index is 12.8. The van der Waals surface area contributed by atoms with E-state index in [4.69, 9.17) is 14.5 Å². The number of hydrogen-bond acceptors (Lipinski definition) is 9. The Kier molecular flexibility index (Phi) is 8.25. The van der Waals surface area contributed by atoms with Crippen molar-refractivity contribution < 1.29 is 19.4 Å². The number of piperazine rings is 1. The fraction of sp³-hybridized carbons (Fsp3) is 0.387. The van der Waals surface area contributed by atoms with E-state index in [0.29, 0.717) is 5.69 Å². The molecule has 42 heavy (non-hydrogen) atoms. The van der Waals surface area contributed by atoms with E-state index < -0.39 is 11.4 Å².